The molecule has 10 nitrogen and oxygen atoms in total. The highest BCUT2D eigenvalue weighted by Crippen LogP contribution is 2.29. The molecule has 1 atom stereocenters. The van der Waals surface area contributed by atoms with Crippen molar-refractivity contribution in [2.75, 3.05) is 26.2 Å². The van der Waals surface area contributed by atoms with Crippen molar-refractivity contribution < 1.29 is 21.4 Å². The summed E-state index contributed by atoms with van der Waals surface area (Å²) in [5, 5.41) is 3.66. The third kappa shape index (κ3) is 4.29. The Bertz CT molecular complexity index is 1100. The summed E-state index contributed by atoms with van der Waals surface area (Å²) in [6.07, 6.45) is 1.28. The second-order valence-electron chi connectivity index (χ2n) is 6.74. The first-order valence-corrected chi connectivity index (χ1v) is 12.2. The van der Waals surface area contributed by atoms with Gasteiger partial charge in [-0.05, 0) is 37.1 Å². The first-order valence-electron chi connectivity index (χ1n) is 9.36. The molecule has 1 fully saturated rings. The Morgan fingerprint density at radius 1 is 1.14 bits per heavy atom. The van der Waals surface area contributed by atoms with E-state index >= 15 is 0 Å². The Morgan fingerprint density at radius 3 is 2.31 bits per heavy atom. The molecule has 1 unspecified atom stereocenters. The maximum Gasteiger partial charge on any atom is 0.438 e. The van der Waals surface area contributed by atoms with E-state index in [0.29, 0.717) is 38.3 Å². The van der Waals surface area contributed by atoms with Crippen LogP contribution in [0.3, 0.4) is 0 Å². The van der Waals surface area contributed by atoms with Crippen LogP contribution >= 0.6 is 0 Å². The van der Waals surface area contributed by atoms with Crippen LogP contribution < -0.4 is 5.76 Å². The first kappa shape index (κ1) is 21.7. The molecule has 0 bridgehead atoms. The van der Waals surface area contributed by atoms with E-state index in [9.17, 15) is 21.6 Å². The second kappa shape index (κ2) is 8.38. The Labute approximate surface area is 169 Å². The molecule has 1 saturated heterocycles. The number of H-pyrrole nitrogens is 1. The zero-order valence-electron chi connectivity index (χ0n) is 16.2. The number of benzene rings is 1. The minimum Gasteiger partial charge on any atom is -0.296 e. The zero-order valence-corrected chi connectivity index (χ0v) is 17.9. The maximum absolute atomic E-state index is 13.0. The van der Waals surface area contributed by atoms with Crippen LogP contribution in [0.4, 0.5) is 0 Å². The van der Waals surface area contributed by atoms with E-state index in [1.807, 2.05) is 0 Å². The van der Waals surface area contributed by atoms with E-state index in [2.05, 4.69) is 14.7 Å². The normalized spacial score (nSPS) is 18.9. The van der Waals surface area contributed by atoms with Crippen LogP contribution in [0, 0.1) is 0 Å². The molecule has 1 aromatic heterocycles. The van der Waals surface area contributed by atoms with Crippen molar-refractivity contribution in [3.05, 3.63) is 40.6 Å². The minimum atomic E-state index is -3.82. The second-order valence-corrected chi connectivity index (χ2v) is 10.6. The van der Waals surface area contributed by atoms with Gasteiger partial charge in [-0.1, -0.05) is 19.0 Å². The number of nitrogens with one attached hydrogen (secondary N) is 1. The quantitative estimate of drug-likeness (QED) is 0.672. The molecule has 2 aromatic rings. The highest BCUT2D eigenvalue weighted by atomic mass is 32.2. The van der Waals surface area contributed by atoms with Gasteiger partial charge in [-0.3, -0.25) is 9.51 Å². The molecule has 0 saturated carbocycles. The third-order valence-corrected chi connectivity index (χ3v) is 8.98. The fourth-order valence-electron chi connectivity index (χ4n) is 3.45. The van der Waals surface area contributed by atoms with Crippen LogP contribution in [0.25, 0.3) is 0 Å². The average molecular weight is 445 g/mol. The van der Waals surface area contributed by atoms with E-state index in [1.54, 1.807) is 13.8 Å². The molecule has 2 heterocycles. The van der Waals surface area contributed by atoms with Gasteiger partial charge < -0.3 is 0 Å². The molecule has 0 radical (unpaired) electrons. The zero-order chi connectivity index (χ0) is 21.2. The van der Waals surface area contributed by atoms with Crippen molar-refractivity contribution >= 4 is 20.0 Å². The number of nitrogens with zero attached hydrogens (tertiary/aromatic N) is 3. The SMILES string of the molecule is CCN(CC)S(=O)(=O)c1ccc(S(=O)(=O)N2CCCC(c3noc(=O)[nH]3)C2)cc1. The lowest BCUT2D eigenvalue weighted by Gasteiger charge is -2.30. The van der Waals surface area contributed by atoms with Crippen molar-refractivity contribution in [1.29, 1.82) is 0 Å². The average Bonchev–Trinajstić information content (AvgIpc) is 3.15. The number of rotatable bonds is 7. The number of hydrogen-bond donors (Lipinski definition) is 1. The number of sulfonamides is 2. The predicted octanol–water partition coefficient (Wildman–Crippen LogP) is 0.962. The van der Waals surface area contributed by atoms with Crippen LogP contribution in [-0.4, -0.2) is 61.8 Å². The van der Waals surface area contributed by atoms with Gasteiger partial charge >= 0.3 is 5.76 Å². The van der Waals surface area contributed by atoms with Crippen LogP contribution in [-0.2, 0) is 20.0 Å². The standard InChI is InChI=1S/C17H24N4O6S2/c1-3-20(4-2)28(23,24)14-7-9-15(10-8-14)29(25,26)21-11-5-6-13(12-21)16-18-17(22)27-19-16/h7-10,13H,3-6,11-12H2,1-2H3,(H,18,19,22). The maximum atomic E-state index is 13.0. The van der Waals surface area contributed by atoms with E-state index < -0.39 is 25.8 Å². The monoisotopic (exact) mass is 444 g/mol. The molecule has 0 spiro atoms. The lowest BCUT2D eigenvalue weighted by Crippen LogP contribution is -2.39. The molecule has 0 amide bonds. The summed E-state index contributed by atoms with van der Waals surface area (Å²) in [7, 11) is -7.47. The van der Waals surface area contributed by atoms with Gasteiger partial charge in [0, 0.05) is 32.1 Å². The minimum absolute atomic E-state index is 0.0188. The van der Waals surface area contributed by atoms with E-state index in [0.717, 1.165) is 0 Å². The van der Waals surface area contributed by atoms with Crippen molar-refractivity contribution in [2.45, 2.75) is 42.4 Å². The Kier molecular flexibility index (Phi) is 6.27. The largest absolute Gasteiger partial charge is 0.438 e. The molecule has 1 aliphatic heterocycles. The smallest absolute Gasteiger partial charge is 0.296 e. The molecule has 12 heteroatoms. The van der Waals surface area contributed by atoms with Crippen molar-refractivity contribution in [3.63, 3.8) is 0 Å². The summed E-state index contributed by atoms with van der Waals surface area (Å²) in [4.78, 5) is 13.7. The third-order valence-electron chi connectivity index (χ3n) is 5.03. The molecule has 0 aliphatic carbocycles. The summed E-state index contributed by atoms with van der Waals surface area (Å²) >= 11 is 0. The van der Waals surface area contributed by atoms with Gasteiger partial charge in [-0.2, -0.15) is 8.61 Å². The van der Waals surface area contributed by atoms with Crippen LogP contribution in [0.1, 0.15) is 38.4 Å². The van der Waals surface area contributed by atoms with E-state index in [-0.39, 0.29) is 22.3 Å². The highest BCUT2D eigenvalue weighted by Gasteiger charge is 2.33. The Hall–Kier alpha value is -2.02. The van der Waals surface area contributed by atoms with Gasteiger partial charge in [0.25, 0.3) is 0 Å². The van der Waals surface area contributed by atoms with Gasteiger partial charge in [0.2, 0.25) is 20.0 Å². The molecule has 160 valence electrons. The number of aromatic nitrogens is 2. The van der Waals surface area contributed by atoms with Crippen LogP contribution in [0.5, 0.6) is 0 Å². The molecule has 3 rings (SSSR count). The van der Waals surface area contributed by atoms with E-state index in [1.165, 1.54) is 32.9 Å². The van der Waals surface area contributed by atoms with Gasteiger partial charge in [0.15, 0.2) is 5.82 Å². The first-order chi connectivity index (χ1) is 13.7. The fourth-order valence-corrected chi connectivity index (χ4v) is 6.43. The van der Waals surface area contributed by atoms with Crippen molar-refractivity contribution in [2.24, 2.45) is 0 Å². The predicted molar refractivity (Wildman–Crippen MR) is 104 cm³/mol. The molecule has 1 aromatic carbocycles. The van der Waals surface area contributed by atoms with E-state index in [4.69, 9.17) is 0 Å². The van der Waals surface area contributed by atoms with Crippen LogP contribution in [0.15, 0.2) is 43.4 Å². The lowest BCUT2D eigenvalue weighted by molar-refractivity contribution is 0.300. The van der Waals surface area contributed by atoms with Gasteiger partial charge in [-0.25, -0.2) is 21.6 Å². The summed E-state index contributed by atoms with van der Waals surface area (Å²) in [6.45, 7) is 4.64. The highest BCUT2D eigenvalue weighted by molar-refractivity contribution is 7.89. The van der Waals surface area contributed by atoms with Gasteiger partial charge in [-0.15, -0.1) is 0 Å². The van der Waals surface area contributed by atoms with Crippen molar-refractivity contribution in [1.82, 2.24) is 18.8 Å². The topological polar surface area (TPSA) is 134 Å². The lowest BCUT2D eigenvalue weighted by atomic mass is 9.99. The van der Waals surface area contributed by atoms with Gasteiger partial charge in [0.1, 0.15) is 0 Å². The van der Waals surface area contributed by atoms with Gasteiger partial charge in [0.05, 0.1) is 9.79 Å². The molecule has 1 aliphatic rings. The molecule has 29 heavy (non-hydrogen) atoms. The Balaban J connectivity index is 1.83. The molecular formula is C17H24N4O6S2. The molecule has 1 N–H and O–H groups in total. The molecular weight excluding hydrogens is 420 g/mol. The fraction of sp³-hybridized carbons (Fsp3) is 0.529. The summed E-state index contributed by atoms with van der Waals surface area (Å²) in [6, 6.07) is 5.26. The summed E-state index contributed by atoms with van der Waals surface area (Å²) in [5.74, 6) is -0.618. The summed E-state index contributed by atoms with van der Waals surface area (Å²) in [5.41, 5.74) is 0. The number of aromatic amines is 1. The summed E-state index contributed by atoms with van der Waals surface area (Å²) < 4.78 is 58.4. The number of piperidine rings is 1. The van der Waals surface area contributed by atoms with Crippen LogP contribution in [0.2, 0.25) is 0 Å². The Morgan fingerprint density at radius 2 is 1.76 bits per heavy atom. The number of hydrogen-bond acceptors (Lipinski definition) is 7. The van der Waals surface area contributed by atoms with Crippen molar-refractivity contribution in [3.8, 4) is 0 Å².